The molecule has 0 spiro atoms. The minimum absolute atomic E-state index is 0.166. The van der Waals surface area contributed by atoms with Crippen molar-refractivity contribution in [2.75, 3.05) is 6.61 Å². The van der Waals surface area contributed by atoms with Crippen molar-refractivity contribution < 1.29 is 14.6 Å². The van der Waals surface area contributed by atoms with Crippen molar-refractivity contribution in [1.82, 2.24) is 9.38 Å². The van der Waals surface area contributed by atoms with Crippen LogP contribution in [0.3, 0.4) is 0 Å². The number of carbonyl (C=O) groups is 1. The maximum Gasteiger partial charge on any atom is 0.355 e. The fourth-order valence-electron chi connectivity index (χ4n) is 2.43. The molecule has 0 unspecified atom stereocenters. The zero-order valence-corrected chi connectivity index (χ0v) is 12.4. The molecule has 0 saturated carbocycles. The second-order valence-corrected chi connectivity index (χ2v) is 5.00. The normalized spacial score (nSPS) is 10.8. The van der Waals surface area contributed by atoms with Crippen molar-refractivity contribution >= 4 is 11.6 Å². The highest BCUT2D eigenvalue weighted by molar-refractivity contribution is 5.94. The molecular formula is C17H16N2O3. The van der Waals surface area contributed by atoms with Crippen molar-refractivity contribution in [1.29, 1.82) is 0 Å². The molecule has 22 heavy (non-hydrogen) atoms. The molecule has 0 saturated heterocycles. The number of carboxylic acid groups (broad SMARTS) is 1. The summed E-state index contributed by atoms with van der Waals surface area (Å²) in [6.07, 6.45) is 1.74. The smallest absolute Gasteiger partial charge is 0.355 e. The standard InChI is InChI=1S/C17H16N2O3/c1-3-22-13-6-4-12(5-7-13)15-16(17(20)21)19-9-8-11(2)10-14(19)18-15/h4-10H,3H2,1-2H3,(H,20,21). The molecule has 3 aromatic rings. The molecule has 0 fully saturated rings. The Hall–Kier alpha value is -2.82. The Labute approximate surface area is 127 Å². The molecule has 5 heteroatoms. The molecule has 2 aromatic heterocycles. The van der Waals surface area contributed by atoms with Crippen LogP contribution in [0.4, 0.5) is 0 Å². The monoisotopic (exact) mass is 296 g/mol. The summed E-state index contributed by atoms with van der Waals surface area (Å²) in [6.45, 7) is 4.46. The topological polar surface area (TPSA) is 63.8 Å². The number of aromatic carboxylic acids is 1. The quantitative estimate of drug-likeness (QED) is 0.801. The number of ether oxygens (including phenoxy) is 1. The first-order valence-electron chi connectivity index (χ1n) is 7.05. The van der Waals surface area contributed by atoms with Gasteiger partial charge in [-0.2, -0.15) is 0 Å². The molecule has 0 aliphatic rings. The molecule has 1 aromatic carbocycles. The highest BCUT2D eigenvalue weighted by Gasteiger charge is 2.19. The summed E-state index contributed by atoms with van der Waals surface area (Å²) in [5.74, 6) is -0.247. The van der Waals surface area contributed by atoms with E-state index in [1.165, 1.54) is 0 Å². The molecular weight excluding hydrogens is 280 g/mol. The largest absolute Gasteiger partial charge is 0.494 e. The number of pyridine rings is 1. The Kier molecular flexibility index (Phi) is 3.55. The molecule has 0 amide bonds. The van der Waals surface area contributed by atoms with E-state index in [2.05, 4.69) is 4.98 Å². The van der Waals surface area contributed by atoms with Gasteiger partial charge in [-0.3, -0.25) is 4.40 Å². The van der Waals surface area contributed by atoms with E-state index in [4.69, 9.17) is 4.74 Å². The number of aromatic nitrogens is 2. The van der Waals surface area contributed by atoms with E-state index >= 15 is 0 Å². The fraction of sp³-hybridized carbons (Fsp3) is 0.176. The van der Waals surface area contributed by atoms with E-state index in [1.54, 1.807) is 10.6 Å². The van der Waals surface area contributed by atoms with Crippen molar-refractivity contribution in [2.45, 2.75) is 13.8 Å². The molecule has 0 aliphatic heterocycles. The number of benzene rings is 1. The van der Waals surface area contributed by atoms with Crippen LogP contribution in [0.5, 0.6) is 5.75 Å². The summed E-state index contributed by atoms with van der Waals surface area (Å²) in [6, 6.07) is 11.0. The SMILES string of the molecule is CCOc1ccc(-c2nc3cc(C)ccn3c2C(=O)O)cc1. The summed E-state index contributed by atoms with van der Waals surface area (Å²) in [4.78, 5) is 16.1. The Morgan fingerprint density at radius 1 is 1.27 bits per heavy atom. The number of nitrogens with zero attached hydrogens (tertiary/aromatic N) is 2. The Morgan fingerprint density at radius 2 is 2.00 bits per heavy atom. The first-order valence-corrected chi connectivity index (χ1v) is 7.05. The van der Waals surface area contributed by atoms with Crippen molar-refractivity contribution in [3.05, 3.63) is 53.9 Å². The first kappa shape index (κ1) is 14.1. The lowest BCUT2D eigenvalue weighted by molar-refractivity contribution is 0.0690. The lowest BCUT2D eigenvalue weighted by atomic mass is 10.1. The number of rotatable bonds is 4. The highest BCUT2D eigenvalue weighted by atomic mass is 16.5. The Bertz CT molecular complexity index is 835. The lowest BCUT2D eigenvalue weighted by Gasteiger charge is -2.04. The van der Waals surface area contributed by atoms with E-state index in [1.807, 2.05) is 50.2 Å². The van der Waals surface area contributed by atoms with Gasteiger partial charge in [-0.1, -0.05) is 0 Å². The van der Waals surface area contributed by atoms with E-state index in [9.17, 15) is 9.90 Å². The van der Waals surface area contributed by atoms with Gasteiger partial charge in [0, 0.05) is 11.8 Å². The van der Waals surface area contributed by atoms with Gasteiger partial charge in [-0.05, 0) is 55.8 Å². The summed E-state index contributed by atoms with van der Waals surface area (Å²) < 4.78 is 7.01. The molecule has 0 bridgehead atoms. The number of carboxylic acids is 1. The van der Waals surface area contributed by atoms with Gasteiger partial charge in [0.15, 0.2) is 5.69 Å². The van der Waals surface area contributed by atoms with Crippen LogP contribution >= 0.6 is 0 Å². The summed E-state index contributed by atoms with van der Waals surface area (Å²) in [5.41, 5.74) is 3.04. The van der Waals surface area contributed by atoms with Crippen molar-refractivity contribution in [3.63, 3.8) is 0 Å². The van der Waals surface area contributed by atoms with Gasteiger partial charge in [-0.25, -0.2) is 9.78 Å². The number of hydrogen-bond donors (Lipinski definition) is 1. The van der Waals surface area contributed by atoms with E-state index in [0.717, 1.165) is 16.9 Å². The van der Waals surface area contributed by atoms with Crippen LogP contribution < -0.4 is 4.74 Å². The lowest BCUT2D eigenvalue weighted by Crippen LogP contribution is -2.03. The molecule has 3 rings (SSSR count). The average Bonchev–Trinajstić information content (AvgIpc) is 2.87. The zero-order chi connectivity index (χ0) is 15.7. The Balaban J connectivity index is 2.16. The zero-order valence-electron chi connectivity index (χ0n) is 12.4. The van der Waals surface area contributed by atoms with Gasteiger partial charge in [0.25, 0.3) is 0 Å². The molecule has 112 valence electrons. The summed E-state index contributed by atoms with van der Waals surface area (Å²) in [5, 5.41) is 9.54. The second-order valence-electron chi connectivity index (χ2n) is 5.00. The predicted molar refractivity (Wildman–Crippen MR) is 83.5 cm³/mol. The van der Waals surface area contributed by atoms with Gasteiger partial charge in [0.05, 0.1) is 6.61 Å². The summed E-state index contributed by atoms with van der Waals surface area (Å²) >= 11 is 0. The number of imidazole rings is 1. The molecule has 0 radical (unpaired) electrons. The van der Waals surface area contributed by atoms with Crippen LogP contribution in [0.1, 0.15) is 23.0 Å². The van der Waals surface area contributed by atoms with Crippen LogP contribution in [-0.2, 0) is 0 Å². The number of fused-ring (bicyclic) bond motifs is 1. The van der Waals surface area contributed by atoms with Crippen LogP contribution in [-0.4, -0.2) is 27.1 Å². The first-order chi connectivity index (χ1) is 10.6. The van der Waals surface area contributed by atoms with Crippen molar-refractivity contribution in [2.24, 2.45) is 0 Å². The van der Waals surface area contributed by atoms with E-state index in [0.29, 0.717) is 17.9 Å². The van der Waals surface area contributed by atoms with Crippen molar-refractivity contribution in [3.8, 4) is 17.0 Å². The van der Waals surface area contributed by atoms with Gasteiger partial charge in [-0.15, -0.1) is 0 Å². The predicted octanol–water partition coefficient (Wildman–Crippen LogP) is 3.41. The molecule has 0 aliphatic carbocycles. The van der Waals surface area contributed by atoms with Crippen LogP contribution in [0.15, 0.2) is 42.6 Å². The fourth-order valence-corrected chi connectivity index (χ4v) is 2.43. The maximum atomic E-state index is 11.6. The third kappa shape index (κ3) is 2.41. The van der Waals surface area contributed by atoms with E-state index < -0.39 is 5.97 Å². The van der Waals surface area contributed by atoms with Crippen LogP contribution in [0, 0.1) is 6.92 Å². The minimum Gasteiger partial charge on any atom is -0.494 e. The highest BCUT2D eigenvalue weighted by Crippen LogP contribution is 2.26. The third-order valence-corrected chi connectivity index (χ3v) is 3.42. The molecule has 0 atom stereocenters. The molecule has 1 N–H and O–H groups in total. The molecule has 2 heterocycles. The third-order valence-electron chi connectivity index (χ3n) is 3.42. The van der Waals surface area contributed by atoms with Crippen LogP contribution in [0.2, 0.25) is 0 Å². The average molecular weight is 296 g/mol. The summed E-state index contributed by atoms with van der Waals surface area (Å²) in [7, 11) is 0. The number of hydrogen-bond acceptors (Lipinski definition) is 3. The second kappa shape index (κ2) is 5.52. The molecule has 5 nitrogen and oxygen atoms in total. The van der Waals surface area contributed by atoms with Gasteiger partial charge in [0.2, 0.25) is 0 Å². The Morgan fingerprint density at radius 3 is 2.64 bits per heavy atom. The van der Waals surface area contributed by atoms with Gasteiger partial charge < -0.3 is 9.84 Å². The van der Waals surface area contributed by atoms with Gasteiger partial charge >= 0.3 is 5.97 Å². The van der Waals surface area contributed by atoms with Gasteiger partial charge in [0.1, 0.15) is 17.1 Å². The van der Waals surface area contributed by atoms with Crippen LogP contribution in [0.25, 0.3) is 16.9 Å². The van der Waals surface area contributed by atoms with E-state index in [-0.39, 0.29) is 5.69 Å². The maximum absolute atomic E-state index is 11.6. The minimum atomic E-state index is -1.000. The number of aryl methyl sites for hydroxylation is 1.